The molecular formula is C26H30ClN3O3. The van der Waals surface area contributed by atoms with Crippen LogP contribution in [0.25, 0.3) is 0 Å². The van der Waals surface area contributed by atoms with Gasteiger partial charge >= 0.3 is 6.03 Å². The minimum absolute atomic E-state index is 0.186. The lowest BCUT2D eigenvalue weighted by molar-refractivity contribution is -0.133. The second-order valence-electron chi connectivity index (χ2n) is 9.45. The van der Waals surface area contributed by atoms with E-state index in [4.69, 9.17) is 16.3 Å². The average molecular weight is 468 g/mol. The molecule has 0 saturated carbocycles. The summed E-state index contributed by atoms with van der Waals surface area (Å²) in [6, 6.07) is 15.6. The summed E-state index contributed by atoms with van der Waals surface area (Å²) in [6.07, 6.45) is 3.26. The van der Waals surface area contributed by atoms with Crippen LogP contribution in [0.5, 0.6) is 5.75 Å². The van der Waals surface area contributed by atoms with Gasteiger partial charge in [-0.2, -0.15) is 0 Å². The molecule has 2 atom stereocenters. The molecule has 2 aromatic rings. The van der Waals surface area contributed by atoms with Crippen LogP contribution in [0, 0.1) is 0 Å². The van der Waals surface area contributed by atoms with E-state index >= 15 is 0 Å². The third-order valence-corrected chi connectivity index (χ3v) is 7.45. The number of imide groups is 1. The predicted molar refractivity (Wildman–Crippen MR) is 128 cm³/mol. The van der Waals surface area contributed by atoms with Crippen LogP contribution >= 0.6 is 11.6 Å². The number of amides is 3. The number of fused-ring (bicyclic) bond motifs is 2. The molecule has 2 saturated heterocycles. The molecule has 3 amide bonds. The fourth-order valence-electron chi connectivity index (χ4n) is 5.56. The fourth-order valence-corrected chi connectivity index (χ4v) is 5.73. The molecule has 2 aromatic carbocycles. The topological polar surface area (TPSA) is 61.9 Å². The third kappa shape index (κ3) is 4.22. The van der Waals surface area contributed by atoms with Gasteiger partial charge in [-0.3, -0.25) is 9.69 Å². The molecule has 3 aliphatic rings. The van der Waals surface area contributed by atoms with Crippen molar-refractivity contribution in [1.29, 1.82) is 0 Å². The molecule has 2 fully saturated rings. The summed E-state index contributed by atoms with van der Waals surface area (Å²) in [4.78, 5) is 30.2. The molecule has 1 N–H and O–H groups in total. The minimum Gasteiger partial charge on any atom is -0.490 e. The van der Waals surface area contributed by atoms with E-state index in [-0.39, 0.29) is 18.0 Å². The normalized spacial score (nSPS) is 25.8. The van der Waals surface area contributed by atoms with Gasteiger partial charge in [-0.05, 0) is 75.5 Å². The number of urea groups is 1. The first-order valence-corrected chi connectivity index (χ1v) is 12.2. The van der Waals surface area contributed by atoms with Gasteiger partial charge in [-0.25, -0.2) is 4.79 Å². The number of ether oxygens (including phenoxy) is 1. The van der Waals surface area contributed by atoms with Crippen LogP contribution in [0.15, 0.2) is 48.5 Å². The average Bonchev–Trinajstić information content (AvgIpc) is 3.05. The number of hydrogen-bond acceptors (Lipinski definition) is 4. The number of nitrogens with one attached hydrogen (secondary N) is 1. The van der Waals surface area contributed by atoms with Crippen molar-refractivity contribution in [3.05, 3.63) is 64.7 Å². The van der Waals surface area contributed by atoms with Crippen molar-refractivity contribution in [1.82, 2.24) is 15.1 Å². The number of benzene rings is 2. The van der Waals surface area contributed by atoms with Gasteiger partial charge in [0.15, 0.2) is 5.54 Å². The summed E-state index contributed by atoms with van der Waals surface area (Å²) in [6.45, 7) is 5.30. The van der Waals surface area contributed by atoms with Gasteiger partial charge in [0.2, 0.25) is 0 Å². The molecule has 0 aliphatic carbocycles. The largest absolute Gasteiger partial charge is 0.490 e. The number of carbonyl (C=O) groups is 2. The SMILES string of the molecule is CC1CC2(NC(=O)N(CCCN3CCC(c4ccccc4)CC3)C2=O)c2cc(Cl)ccc2O1. The van der Waals surface area contributed by atoms with Crippen LogP contribution in [-0.4, -0.2) is 54.0 Å². The Balaban J connectivity index is 1.20. The van der Waals surface area contributed by atoms with E-state index in [1.54, 1.807) is 18.2 Å². The van der Waals surface area contributed by atoms with Gasteiger partial charge in [-0.1, -0.05) is 41.9 Å². The third-order valence-electron chi connectivity index (χ3n) is 7.21. The summed E-state index contributed by atoms with van der Waals surface area (Å²) < 4.78 is 5.91. The molecule has 5 rings (SSSR count). The number of rotatable bonds is 5. The van der Waals surface area contributed by atoms with Crippen molar-refractivity contribution in [3.63, 3.8) is 0 Å². The maximum Gasteiger partial charge on any atom is 0.325 e. The highest BCUT2D eigenvalue weighted by molar-refractivity contribution is 6.30. The highest BCUT2D eigenvalue weighted by atomic mass is 35.5. The van der Waals surface area contributed by atoms with Gasteiger partial charge in [0, 0.05) is 23.6 Å². The quantitative estimate of drug-likeness (QED) is 0.656. The molecule has 7 heteroatoms. The van der Waals surface area contributed by atoms with Crippen molar-refractivity contribution in [2.24, 2.45) is 0 Å². The Bertz CT molecular complexity index is 1040. The molecule has 0 aromatic heterocycles. The Morgan fingerprint density at radius 1 is 1.09 bits per heavy atom. The standard InChI is InChI=1S/C26H30ClN3O3/c1-18-17-26(22-16-21(27)8-9-23(22)33-18)24(31)30(25(32)28-26)13-5-12-29-14-10-20(11-15-29)19-6-3-2-4-7-19/h2-4,6-9,16,18,20H,5,10-15,17H2,1H3,(H,28,32). The van der Waals surface area contributed by atoms with Crippen LogP contribution in [0.4, 0.5) is 4.79 Å². The van der Waals surface area contributed by atoms with Crippen molar-refractivity contribution < 1.29 is 14.3 Å². The van der Waals surface area contributed by atoms with E-state index in [1.807, 2.05) is 6.92 Å². The first-order valence-electron chi connectivity index (χ1n) is 11.8. The Labute approximate surface area is 199 Å². The number of piperidine rings is 1. The minimum atomic E-state index is -1.09. The van der Waals surface area contributed by atoms with Gasteiger partial charge < -0.3 is 15.0 Å². The van der Waals surface area contributed by atoms with Gasteiger partial charge in [0.1, 0.15) is 5.75 Å². The second-order valence-corrected chi connectivity index (χ2v) is 9.88. The highest BCUT2D eigenvalue weighted by Crippen LogP contribution is 2.44. The molecule has 2 unspecified atom stereocenters. The summed E-state index contributed by atoms with van der Waals surface area (Å²) in [7, 11) is 0. The number of hydrogen-bond donors (Lipinski definition) is 1. The zero-order valence-corrected chi connectivity index (χ0v) is 19.7. The van der Waals surface area contributed by atoms with Crippen LogP contribution in [-0.2, 0) is 10.3 Å². The summed E-state index contributed by atoms with van der Waals surface area (Å²) in [5.41, 5.74) is 0.980. The van der Waals surface area contributed by atoms with E-state index in [0.29, 0.717) is 35.2 Å². The van der Waals surface area contributed by atoms with Crippen molar-refractivity contribution >= 4 is 23.5 Å². The van der Waals surface area contributed by atoms with Gasteiger partial charge in [0.25, 0.3) is 5.91 Å². The molecule has 3 aliphatic heterocycles. The fraction of sp³-hybridized carbons (Fsp3) is 0.462. The highest BCUT2D eigenvalue weighted by Gasteiger charge is 2.56. The van der Waals surface area contributed by atoms with Crippen molar-refractivity contribution in [2.45, 2.75) is 50.2 Å². The smallest absolute Gasteiger partial charge is 0.325 e. The maximum absolute atomic E-state index is 13.5. The molecule has 1 spiro atoms. The molecule has 33 heavy (non-hydrogen) atoms. The number of nitrogens with zero attached hydrogens (tertiary/aromatic N) is 2. The van der Waals surface area contributed by atoms with Crippen LogP contribution in [0.1, 0.15) is 49.7 Å². The van der Waals surface area contributed by atoms with Crippen LogP contribution in [0.3, 0.4) is 0 Å². The Morgan fingerprint density at radius 2 is 1.85 bits per heavy atom. The second kappa shape index (κ2) is 8.99. The lowest BCUT2D eigenvalue weighted by Crippen LogP contribution is -2.50. The molecule has 3 heterocycles. The van der Waals surface area contributed by atoms with E-state index in [9.17, 15) is 9.59 Å². The van der Waals surface area contributed by atoms with E-state index in [2.05, 4.69) is 40.5 Å². The van der Waals surface area contributed by atoms with Crippen molar-refractivity contribution in [2.75, 3.05) is 26.2 Å². The number of halogens is 1. The lowest BCUT2D eigenvalue weighted by Gasteiger charge is -2.36. The summed E-state index contributed by atoms with van der Waals surface area (Å²) >= 11 is 6.22. The first kappa shape index (κ1) is 22.2. The zero-order chi connectivity index (χ0) is 23.0. The van der Waals surface area contributed by atoms with Gasteiger partial charge in [-0.15, -0.1) is 0 Å². The molecule has 174 valence electrons. The zero-order valence-electron chi connectivity index (χ0n) is 18.9. The maximum atomic E-state index is 13.5. The van der Waals surface area contributed by atoms with E-state index in [0.717, 1.165) is 38.9 Å². The molecule has 0 bridgehead atoms. The Morgan fingerprint density at radius 3 is 2.61 bits per heavy atom. The first-order chi connectivity index (χ1) is 16.0. The van der Waals surface area contributed by atoms with E-state index < -0.39 is 5.54 Å². The van der Waals surface area contributed by atoms with Crippen molar-refractivity contribution in [3.8, 4) is 5.75 Å². The lowest BCUT2D eigenvalue weighted by atomic mass is 9.82. The Hall–Kier alpha value is -2.57. The summed E-state index contributed by atoms with van der Waals surface area (Å²) in [5, 5.41) is 3.50. The Kier molecular flexibility index (Phi) is 6.06. The number of likely N-dealkylation sites (tertiary alicyclic amines) is 1. The van der Waals surface area contributed by atoms with Crippen LogP contribution in [0.2, 0.25) is 5.02 Å². The summed E-state index contributed by atoms with van der Waals surface area (Å²) in [5.74, 6) is 1.03. The molecule has 0 radical (unpaired) electrons. The predicted octanol–water partition coefficient (Wildman–Crippen LogP) is 4.53. The molecular weight excluding hydrogens is 438 g/mol. The molecule has 6 nitrogen and oxygen atoms in total. The monoisotopic (exact) mass is 467 g/mol. The van der Waals surface area contributed by atoms with E-state index in [1.165, 1.54) is 10.5 Å². The van der Waals surface area contributed by atoms with Gasteiger partial charge in [0.05, 0.1) is 6.10 Å². The number of carbonyl (C=O) groups excluding carboxylic acids is 2. The van der Waals surface area contributed by atoms with Crippen LogP contribution < -0.4 is 10.1 Å².